The summed E-state index contributed by atoms with van der Waals surface area (Å²) in [4.78, 5) is 11.8. The number of amides is 2. The van der Waals surface area contributed by atoms with E-state index in [9.17, 15) is 9.18 Å². The highest BCUT2D eigenvalue weighted by atomic mass is 35.5. The average molecular weight is 313 g/mol. The van der Waals surface area contributed by atoms with E-state index in [0.29, 0.717) is 16.4 Å². The first-order valence-corrected chi connectivity index (χ1v) is 6.51. The van der Waals surface area contributed by atoms with Gasteiger partial charge in [-0.25, -0.2) is 9.18 Å². The highest BCUT2D eigenvalue weighted by Crippen LogP contribution is 2.23. The highest BCUT2D eigenvalue weighted by molar-refractivity contribution is 6.32. The molecule has 2 amide bonds. The van der Waals surface area contributed by atoms with E-state index >= 15 is 0 Å². The summed E-state index contributed by atoms with van der Waals surface area (Å²) in [5.41, 5.74) is 1.76. The molecule has 2 aromatic carbocycles. The number of hydrogen-bond donors (Lipinski definition) is 2. The Labute approximate surface area is 125 Å². The molecule has 0 unspecified atom stereocenters. The van der Waals surface area contributed by atoms with Gasteiger partial charge in [0.05, 0.1) is 5.02 Å². The van der Waals surface area contributed by atoms with Crippen LogP contribution >= 0.6 is 23.2 Å². The van der Waals surface area contributed by atoms with Crippen LogP contribution in [0.15, 0.2) is 36.4 Å². The third-order valence-electron chi connectivity index (χ3n) is 2.69. The molecule has 0 saturated carbocycles. The lowest BCUT2D eigenvalue weighted by Gasteiger charge is -2.11. The zero-order valence-corrected chi connectivity index (χ0v) is 12.0. The Morgan fingerprint density at radius 3 is 2.55 bits per heavy atom. The van der Waals surface area contributed by atoms with Crippen LogP contribution < -0.4 is 10.6 Å². The number of rotatable bonds is 2. The SMILES string of the molecule is Cc1c(Cl)cccc1NC(=O)Nc1ccc(F)c(Cl)c1. The Morgan fingerprint density at radius 1 is 1.10 bits per heavy atom. The fourth-order valence-corrected chi connectivity index (χ4v) is 1.96. The van der Waals surface area contributed by atoms with Crippen molar-refractivity contribution in [3.05, 3.63) is 57.8 Å². The molecule has 3 nitrogen and oxygen atoms in total. The first kappa shape index (κ1) is 14.6. The van der Waals surface area contributed by atoms with Crippen molar-refractivity contribution in [1.82, 2.24) is 0 Å². The van der Waals surface area contributed by atoms with Crippen molar-refractivity contribution in [3.63, 3.8) is 0 Å². The van der Waals surface area contributed by atoms with Crippen LogP contribution in [0.5, 0.6) is 0 Å². The van der Waals surface area contributed by atoms with Crippen LogP contribution in [0.2, 0.25) is 10.0 Å². The van der Waals surface area contributed by atoms with Crippen LogP contribution in [0.1, 0.15) is 5.56 Å². The highest BCUT2D eigenvalue weighted by Gasteiger charge is 2.08. The Kier molecular flexibility index (Phi) is 4.47. The second-order valence-electron chi connectivity index (χ2n) is 4.12. The van der Waals surface area contributed by atoms with Gasteiger partial charge in [0.25, 0.3) is 0 Å². The summed E-state index contributed by atoms with van der Waals surface area (Å²) in [7, 11) is 0. The molecule has 0 radical (unpaired) electrons. The lowest BCUT2D eigenvalue weighted by Crippen LogP contribution is -2.20. The van der Waals surface area contributed by atoms with Gasteiger partial charge in [0.1, 0.15) is 5.82 Å². The van der Waals surface area contributed by atoms with Crippen molar-refractivity contribution in [2.45, 2.75) is 6.92 Å². The molecule has 0 spiro atoms. The second kappa shape index (κ2) is 6.11. The van der Waals surface area contributed by atoms with Gasteiger partial charge in [-0.1, -0.05) is 29.3 Å². The quantitative estimate of drug-likeness (QED) is 0.797. The van der Waals surface area contributed by atoms with Gasteiger partial charge in [-0.3, -0.25) is 0 Å². The molecule has 20 heavy (non-hydrogen) atoms. The van der Waals surface area contributed by atoms with Crippen LogP contribution in [-0.2, 0) is 0 Å². The van der Waals surface area contributed by atoms with Gasteiger partial charge in [-0.15, -0.1) is 0 Å². The summed E-state index contributed by atoms with van der Waals surface area (Å²) in [5, 5.41) is 5.73. The van der Waals surface area contributed by atoms with E-state index in [0.717, 1.165) is 5.56 Å². The lowest BCUT2D eigenvalue weighted by atomic mass is 10.2. The van der Waals surface area contributed by atoms with Crippen molar-refractivity contribution in [3.8, 4) is 0 Å². The standard InChI is InChI=1S/C14H11Cl2FN2O/c1-8-10(15)3-2-4-13(8)19-14(20)18-9-5-6-12(17)11(16)7-9/h2-7H,1H3,(H2,18,19,20). The summed E-state index contributed by atoms with van der Waals surface area (Å²) < 4.78 is 13.0. The smallest absolute Gasteiger partial charge is 0.308 e. The van der Waals surface area contributed by atoms with Crippen LogP contribution in [0.3, 0.4) is 0 Å². The Morgan fingerprint density at radius 2 is 1.85 bits per heavy atom. The minimum Gasteiger partial charge on any atom is -0.308 e. The number of urea groups is 1. The van der Waals surface area contributed by atoms with E-state index in [1.54, 1.807) is 25.1 Å². The molecule has 0 atom stereocenters. The van der Waals surface area contributed by atoms with E-state index < -0.39 is 11.8 Å². The van der Waals surface area contributed by atoms with Crippen LogP contribution in [0, 0.1) is 12.7 Å². The Bertz CT molecular complexity index is 662. The number of carbonyl (C=O) groups is 1. The third kappa shape index (κ3) is 3.40. The van der Waals surface area contributed by atoms with Crippen LogP contribution in [0.25, 0.3) is 0 Å². The maximum Gasteiger partial charge on any atom is 0.323 e. The molecule has 0 aliphatic heterocycles. The molecule has 0 bridgehead atoms. The van der Waals surface area contributed by atoms with Crippen molar-refractivity contribution in [2.75, 3.05) is 10.6 Å². The van der Waals surface area contributed by atoms with Gasteiger partial charge in [-0.2, -0.15) is 0 Å². The minimum absolute atomic E-state index is 0.0539. The number of halogens is 3. The van der Waals surface area contributed by atoms with E-state index in [1.165, 1.54) is 18.2 Å². The topological polar surface area (TPSA) is 41.1 Å². The lowest BCUT2D eigenvalue weighted by molar-refractivity contribution is 0.262. The number of anilines is 2. The molecule has 104 valence electrons. The largest absolute Gasteiger partial charge is 0.323 e. The molecule has 2 N–H and O–H groups in total. The van der Waals surface area contributed by atoms with Gasteiger partial charge in [0.2, 0.25) is 0 Å². The van der Waals surface area contributed by atoms with Crippen LogP contribution in [0.4, 0.5) is 20.6 Å². The second-order valence-corrected chi connectivity index (χ2v) is 4.93. The fourth-order valence-electron chi connectivity index (χ4n) is 1.60. The third-order valence-corrected chi connectivity index (χ3v) is 3.39. The summed E-state index contributed by atoms with van der Waals surface area (Å²) in [6.45, 7) is 1.80. The number of benzene rings is 2. The first-order valence-electron chi connectivity index (χ1n) is 5.75. The molecule has 0 saturated heterocycles. The molecule has 0 aromatic heterocycles. The number of carbonyl (C=O) groups excluding carboxylic acids is 1. The average Bonchev–Trinajstić information content (AvgIpc) is 2.39. The Hall–Kier alpha value is -1.78. The first-order chi connectivity index (χ1) is 9.47. The molecular formula is C14H11Cl2FN2O. The number of nitrogens with one attached hydrogen (secondary N) is 2. The monoisotopic (exact) mass is 312 g/mol. The van der Waals surface area contributed by atoms with E-state index in [1.807, 2.05) is 0 Å². The zero-order valence-electron chi connectivity index (χ0n) is 10.5. The molecule has 2 aromatic rings. The normalized spacial score (nSPS) is 10.2. The summed E-state index contributed by atoms with van der Waals surface area (Å²) in [6.07, 6.45) is 0. The molecule has 0 heterocycles. The van der Waals surface area contributed by atoms with Gasteiger partial charge < -0.3 is 10.6 Å². The van der Waals surface area contributed by atoms with E-state index in [4.69, 9.17) is 23.2 Å². The van der Waals surface area contributed by atoms with Crippen molar-refractivity contribution < 1.29 is 9.18 Å². The van der Waals surface area contributed by atoms with Crippen molar-refractivity contribution in [2.24, 2.45) is 0 Å². The van der Waals surface area contributed by atoms with Gasteiger partial charge in [0, 0.05) is 16.4 Å². The van der Waals surface area contributed by atoms with Crippen LogP contribution in [-0.4, -0.2) is 6.03 Å². The van der Waals surface area contributed by atoms with Gasteiger partial charge >= 0.3 is 6.03 Å². The maximum atomic E-state index is 13.0. The fraction of sp³-hybridized carbons (Fsp3) is 0.0714. The Balaban J connectivity index is 2.09. The maximum absolute atomic E-state index is 13.0. The number of hydrogen-bond acceptors (Lipinski definition) is 1. The zero-order chi connectivity index (χ0) is 14.7. The molecule has 2 rings (SSSR count). The predicted molar refractivity (Wildman–Crippen MR) is 80.2 cm³/mol. The molecule has 0 fully saturated rings. The van der Waals surface area contributed by atoms with Crippen molar-refractivity contribution in [1.29, 1.82) is 0 Å². The molecule has 0 aliphatic rings. The van der Waals surface area contributed by atoms with Gasteiger partial charge in [-0.05, 0) is 42.8 Å². The van der Waals surface area contributed by atoms with E-state index in [-0.39, 0.29) is 5.02 Å². The van der Waals surface area contributed by atoms with Crippen molar-refractivity contribution >= 4 is 40.6 Å². The molecular weight excluding hydrogens is 302 g/mol. The minimum atomic E-state index is -0.539. The summed E-state index contributed by atoms with van der Waals surface area (Å²) >= 11 is 11.6. The van der Waals surface area contributed by atoms with E-state index in [2.05, 4.69) is 10.6 Å². The predicted octanol–water partition coefficient (Wildman–Crippen LogP) is 5.08. The molecule has 0 aliphatic carbocycles. The summed E-state index contributed by atoms with van der Waals surface area (Å²) in [5.74, 6) is -0.539. The molecule has 6 heteroatoms. The van der Waals surface area contributed by atoms with Gasteiger partial charge in [0.15, 0.2) is 0 Å². The summed E-state index contributed by atoms with van der Waals surface area (Å²) in [6, 6.07) is 8.69.